The molecule has 1 saturated carbocycles. The highest BCUT2D eigenvalue weighted by Gasteiger charge is 2.18. The van der Waals surface area contributed by atoms with E-state index in [0.717, 1.165) is 5.69 Å². The highest BCUT2D eigenvalue weighted by atomic mass is 32.2. The zero-order chi connectivity index (χ0) is 14.5. The molecule has 6 heteroatoms. The molecule has 0 spiro atoms. The van der Waals surface area contributed by atoms with E-state index >= 15 is 0 Å². The van der Waals surface area contributed by atoms with Gasteiger partial charge in [0.15, 0.2) is 0 Å². The molecule has 1 aliphatic carbocycles. The highest BCUT2D eigenvalue weighted by molar-refractivity contribution is 7.84. The molecule has 2 unspecified atom stereocenters. The molecule has 1 heterocycles. The number of carboxylic acid groups (broad SMARTS) is 1. The predicted molar refractivity (Wildman–Crippen MR) is 77.9 cm³/mol. The van der Waals surface area contributed by atoms with Gasteiger partial charge in [0.1, 0.15) is 0 Å². The van der Waals surface area contributed by atoms with Crippen LogP contribution in [-0.2, 0) is 21.3 Å². The summed E-state index contributed by atoms with van der Waals surface area (Å²) in [6.45, 7) is 1.58. The third-order valence-electron chi connectivity index (χ3n) is 3.78. The Morgan fingerprint density at radius 2 is 2.20 bits per heavy atom. The first kappa shape index (κ1) is 15.2. The monoisotopic (exact) mass is 298 g/mol. The largest absolute Gasteiger partial charge is 0.481 e. The first-order chi connectivity index (χ1) is 9.56. The molecule has 1 aliphatic rings. The van der Waals surface area contributed by atoms with Crippen molar-refractivity contribution in [2.45, 2.75) is 50.8 Å². The Hall–Kier alpha value is -1.17. The summed E-state index contributed by atoms with van der Waals surface area (Å²) in [5.74, 6) is -0.939. The lowest BCUT2D eigenvalue weighted by Gasteiger charge is -2.21. The minimum atomic E-state index is -1.17. The summed E-state index contributed by atoms with van der Waals surface area (Å²) < 4.78 is 13.9. The summed E-state index contributed by atoms with van der Waals surface area (Å²) in [7, 11) is -1.17. The molecule has 1 aromatic heterocycles. The van der Waals surface area contributed by atoms with Crippen LogP contribution >= 0.6 is 0 Å². The van der Waals surface area contributed by atoms with Crippen LogP contribution in [0.15, 0.2) is 12.3 Å². The van der Waals surface area contributed by atoms with Gasteiger partial charge in [-0.1, -0.05) is 26.2 Å². The number of hydrogen-bond acceptors (Lipinski definition) is 3. The lowest BCUT2D eigenvalue weighted by molar-refractivity contribution is -0.140. The van der Waals surface area contributed by atoms with Crippen LogP contribution in [0.3, 0.4) is 0 Å². The number of carbonyl (C=O) groups is 1. The Morgan fingerprint density at radius 1 is 1.50 bits per heavy atom. The summed E-state index contributed by atoms with van der Waals surface area (Å²) in [6, 6.07) is 2.38. The molecule has 5 nitrogen and oxygen atoms in total. The quantitative estimate of drug-likeness (QED) is 0.875. The lowest BCUT2D eigenvalue weighted by atomic mass is 9.96. The second-order valence-electron chi connectivity index (χ2n) is 5.57. The van der Waals surface area contributed by atoms with Crippen LogP contribution < -0.4 is 0 Å². The number of aromatic nitrogens is 2. The highest BCUT2D eigenvalue weighted by Crippen LogP contribution is 2.27. The number of hydrogen-bond donors (Lipinski definition) is 1. The molecule has 1 N–H and O–H groups in total. The van der Waals surface area contributed by atoms with Crippen molar-refractivity contribution in [2.75, 3.05) is 5.75 Å². The van der Waals surface area contributed by atoms with Gasteiger partial charge in [-0.15, -0.1) is 0 Å². The average Bonchev–Trinajstić information content (AvgIpc) is 2.88. The molecule has 2 atom stereocenters. The molecular weight excluding hydrogens is 276 g/mol. The van der Waals surface area contributed by atoms with Gasteiger partial charge in [0.05, 0.1) is 23.4 Å². The Kier molecular flexibility index (Phi) is 5.34. The summed E-state index contributed by atoms with van der Waals surface area (Å²) in [5.41, 5.74) is 0.798. The molecule has 0 radical (unpaired) electrons. The van der Waals surface area contributed by atoms with E-state index in [1.165, 1.54) is 32.1 Å². The van der Waals surface area contributed by atoms with Gasteiger partial charge in [-0.05, 0) is 18.9 Å². The number of carboxylic acids is 1. The molecule has 1 fully saturated rings. The molecule has 2 rings (SSSR count). The van der Waals surface area contributed by atoms with Gasteiger partial charge in [-0.2, -0.15) is 5.10 Å². The first-order valence-electron chi connectivity index (χ1n) is 7.18. The van der Waals surface area contributed by atoms with Gasteiger partial charge >= 0.3 is 5.97 Å². The van der Waals surface area contributed by atoms with E-state index in [4.69, 9.17) is 5.11 Å². The third-order valence-corrected chi connectivity index (χ3v) is 5.27. The van der Waals surface area contributed by atoms with E-state index in [0.29, 0.717) is 11.8 Å². The van der Waals surface area contributed by atoms with Crippen LogP contribution in [0.2, 0.25) is 0 Å². The van der Waals surface area contributed by atoms with E-state index in [9.17, 15) is 9.00 Å². The van der Waals surface area contributed by atoms with Crippen LogP contribution in [0.1, 0.15) is 50.8 Å². The SMILES string of the molecule is CC(CS(=O)Cc1ccn(C2CCCCC2)n1)C(=O)O. The molecule has 0 aliphatic heterocycles. The standard InChI is InChI=1S/C14H22N2O3S/c1-11(14(17)18)9-20(19)10-12-7-8-16(15-12)13-5-3-2-4-6-13/h7-8,11,13H,2-6,9-10H2,1H3,(H,17,18). The van der Waals surface area contributed by atoms with E-state index < -0.39 is 22.7 Å². The predicted octanol–water partition coefficient (Wildman–Crippen LogP) is 2.36. The van der Waals surface area contributed by atoms with Crippen LogP contribution in [0, 0.1) is 5.92 Å². The fraction of sp³-hybridized carbons (Fsp3) is 0.714. The van der Waals surface area contributed by atoms with Crippen molar-refractivity contribution in [1.82, 2.24) is 9.78 Å². The van der Waals surface area contributed by atoms with Gasteiger partial charge in [-0.3, -0.25) is 13.7 Å². The van der Waals surface area contributed by atoms with Crippen LogP contribution in [-0.4, -0.2) is 30.8 Å². The van der Waals surface area contributed by atoms with Crippen LogP contribution in [0.25, 0.3) is 0 Å². The topological polar surface area (TPSA) is 72.2 Å². The maximum Gasteiger partial charge on any atom is 0.307 e. The number of aliphatic carboxylic acids is 1. The van der Waals surface area contributed by atoms with E-state index in [-0.39, 0.29) is 5.75 Å². The minimum Gasteiger partial charge on any atom is -0.481 e. The average molecular weight is 298 g/mol. The van der Waals surface area contributed by atoms with Crippen LogP contribution in [0.5, 0.6) is 0 Å². The third kappa shape index (κ3) is 4.16. The minimum absolute atomic E-state index is 0.186. The maximum atomic E-state index is 11.9. The number of rotatable bonds is 6. The second-order valence-corrected chi connectivity index (χ2v) is 7.07. The fourth-order valence-corrected chi connectivity index (χ4v) is 3.88. The van der Waals surface area contributed by atoms with Crippen molar-refractivity contribution in [1.29, 1.82) is 0 Å². The summed E-state index contributed by atoms with van der Waals surface area (Å²) in [4.78, 5) is 10.7. The van der Waals surface area contributed by atoms with Crippen molar-refractivity contribution >= 4 is 16.8 Å². The van der Waals surface area contributed by atoms with Gasteiger partial charge in [-0.25, -0.2) is 0 Å². The normalized spacial score (nSPS) is 19.6. The zero-order valence-corrected chi connectivity index (χ0v) is 12.6. The second kappa shape index (κ2) is 7.02. The summed E-state index contributed by atoms with van der Waals surface area (Å²) >= 11 is 0. The number of nitrogens with zero attached hydrogens (tertiary/aromatic N) is 2. The van der Waals surface area contributed by atoms with Crippen molar-refractivity contribution in [2.24, 2.45) is 5.92 Å². The molecule has 112 valence electrons. The van der Waals surface area contributed by atoms with E-state index in [2.05, 4.69) is 5.10 Å². The fourth-order valence-electron chi connectivity index (χ4n) is 2.58. The van der Waals surface area contributed by atoms with E-state index in [1.807, 2.05) is 16.9 Å². The Labute approximate surface area is 121 Å². The smallest absolute Gasteiger partial charge is 0.307 e. The van der Waals surface area contributed by atoms with Crippen molar-refractivity contribution in [3.05, 3.63) is 18.0 Å². The summed E-state index contributed by atoms with van der Waals surface area (Å²) in [6.07, 6.45) is 8.11. The lowest BCUT2D eigenvalue weighted by Crippen LogP contribution is -2.18. The summed E-state index contributed by atoms with van der Waals surface area (Å²) in [5, 5.41) is 13.3. The Balaban J connectivity index is 1.88. The van der Waals surface area contributed by atoms with Gasteiger partial charge < -0.3 is 5.11 Å². The maximum absolute atomic E-state index is 11.9. The first-order valence-corrected chi connectivity index (χ1v) is 8.67. The molecule has 20 heavy (non-hydrogen) atoms. The van der Waals surface area contributed by atoms with E-state index in [1.54, 1.807) is 6.92 Å². The molecule has 0 bridgehead atoms. The van der Waals surface area contributed by atoms with Gasteiger partial charge in [0.2, 0.25) is 0 Å². The van der Waals surface area contributed by atoms with Crippen molar-refractivity contribution in [3.63, 3.8) is 0 Å². The molecular formula is C14H22N2O3S. The van der Waals surface area contributed by atoms with Crippen molar-refractivity contribution in [3.8, 4) is 0 Å². The van der Waals surface area contributed by atoms with Gasteiger partial charge in [0.25, 0.3) is 0 Å². The molecule has 1 aromatic rings. The van der Waals surface area contributed by atoms with Gasteiger partial charge in [0, 0.05) is 22.7 Å². The molecule has 0 saturated heterocycles. The molecule has 0 aromatic carbocycles. The Morgan fingerprint density at radius 3 is 2.85 bits per heavy atom. The molecule has 0 amide bonds. The Bertz CT molecular complexity index is 481. The zero-order valence-electron chi connectivity index (χ0n) is 11.8. The van der Waals surface area contributed by atoms with Crippen molar-refractivity contribution < 1.29 is 14.1 Å². The van der Waals surface area contributed by atoms with Crippen LogP contribution in [0.4, 0.5) is 0 Å².